The Morgan fingerprint density at radius 3 is 2.68 bits per heavy atom. The van der Waals surface area contributed by atoms with Gasteiger partial charge in [0, 0.05) is 18.3 Å². The highest BCUT2D eigenvalue weighted by molar-refractivity contribution is 5.79. The van der Waals surface area contributed by atoms with Crippen LogP contribution in [0.3, 0.4) is 0 Å². The van der Waals surface area contributed by atoms with E-state index in [1.54, 1.807) is 18.8 Å². The van der Waals surface area contributed by atoms with Crippen molar-refractivity contribution in [3.63, 3.8) is 0 Å². The molecule has 132 valence electrons. The number of nitrogens with one attached hydrogen (secondary N) is 1. The number of hydrogen-bond acceptors (Lipinski definition) is 5. The van der Waals surface area contributed by atoms with Crippen LogP contribution in [0.15, 0.2) is 43.1 Å². The predicted octanol–water partition coefficient (Wildman–Crippen LogP) is 3.12. The SMILES string of the molecule is C=C(c1ccnc(C)c1)c1ccc(OC)c(OCCCC(=O)NO)c1. The Kier molecular flexibility index (Phi) is 6.54. The van der Waals surface area contributed by atoms with E-state index in [9.17, 15) is 4.79 Å². The minimum Gasteiger partial charge on any atom is -0.493 e. The summed E-state index contributed by atoms with van der Waals surface area (Å²) in [7, 11) is 1.57. The van der Waals surface area contributed by atoms with Gasteiger partial charge in [0.05, 0.1) is 13.7 Å². The number of amides is 1. The number of benzene rings is 1. The molecule has 0 aliphatic rings. The van der Waals surface area contributed by atoms with Crippen LogP contribution >= 0.6 is 0 Å². The van der Waals surface area contributed by atoms with Gasteiger partial charge in [-0.3, -0.25) is 15.0 Å². The lowest BCUT2D eigenvalue weighted by Gasteiger charge is -2.14. The Morgan fingerprint density at radius 1 is 1.24 bits per heavy atom. The predicted molar refractivity (Wildman–Crippen MR) is 94.8 cm³/mol. The van der Waals surface area contributed by atoms with E-state index >= 15 is 0 Å². The molecule has 1 heterocycles. The Hall–Kier alpha value is -2.86. The van der Waals surface area contributed by atoms with Gasteiger partial charge in [-0.25, -0.2) is 5.48 Å². The van der Waals surface area contributed by atoms with Crippen molar-refractivity contribution in [1.82, 2.24) is 10.5 Å². The third-order valence-corrected chi connectivity index (χ3v) is 3.69. The Morgan fingerprint density at radius 2 is 2.00 bits per heavy atom. The number of carbonyl (C=O) groups excluding carboxylic acids is 1. The van der Waals surface area contributed by atoms with Gasteiger partial charge in [-0.05, 0) is 54.3 Å². The average Bonchev–Trinajstić information content (AvgIpc) is 2.64. The van der Waals surface area contributed by atoms with Gasteiger partial charge in [-0.2, -0.15) is 0 Å². The van der Waals surface area contributed by atoms with Crippen LogP contribution in [0.1, 0.15) is 29.7 Å². The zero-order valence-corrected chi connectivity index (χ0v) is 14.4. The zero-order valence-electron chi connectivity index (χ0n) is 14.4. The van der Waals surface area contributed by atoms with Crippen LogP contribution < -0.4 is 15.0 Å². The summed E-state index contributed by atoms with van der Waals surface area (Å²) in [5, 5.41) is 8.48. The first kappa shape index (κ1) is 18.5. The van der Waals surface area contributed by atoms with Gasteiger partial charge in [0.2, 0.25) is 5.91 Å². The summed E-state index contributed by atoms with van der Waals surface area (Å²) in [6.45, 7) is 6.42. The second-order valence-corrected chi connectivity index (χ2v) is 5.52. The summed E-state index contributed by atoms with van der Waals surface area (Å²) in [4.78, 5) is 15.2. The van der Waals surface area contributed by atoms with Crippen molar-refractivity contribution in [3.8, 4) is 11.5 Å². The quantitative estimate of drug-likeness (QED) is 0.438. The molecule has 0 radical (unpaired) electrons. The average molecular weight is 342 g/mol. The molecule has 1 aromatic carbocycles. The normalized spacial score (nSPS) is 10.2. The topological polar surface area (TPSA) is 80.7 Å². The number of carbonyl (C=O) groups is 1. The Labute approximate surface area is 147 Å². The molecule has 2 rings (SSSR count). The fourth-order valence-electron chi connectivity index (χ4n) is 2.35. The van der Waals surface area contributed by atoms with Gasteiger partial charge in [0.1, 0.15) is 0 Å². The summed E-state index contributed by atoms with van der Waals surface area (Å²) in [6, 6.07) is 9.49. The first-order valence-corrected chi connectivity index (χ1v) is 7.91. The molecule has 0 saturated heterocycles. The number of aromatic nitrogens is 1. The van der Waals surface area contributed by atoms with E-state index in [1.807, 2.05) is 37.3 Å². The number of rotatable bonds is 8. The molecular weight excluding hydrogens is 320 g/mol. The van der Waals surface area contributed by atoms with Gasteiger partial charge in [0.15, 0.2) is 11.5 Å². The van der Waals surface area contributed by atoms with Gasteiger partial charge in [-0.1, -0.05) is 12.6 Å². The largest absolute Gasteiger partial charge is 0.493 e. The van der Waals surface area contributed by atoms with E-state index in [-0.39, 0.29) is 6.42 Å². The van der Waals surface area contributed by atoms with E-state index < -0.39 is 5.91 Å². The number of hydroxylamine groups is 1. The lowest BCUT2D eigenvalue weighted by molar-refractivity contribution is -0.129. The number of pyridine rings is 1. The Bertz CT molecular complexity index is 759. The molecule has 6 nitrogen and oxygen atoms in total. The van der Waals surface area contributed by atoms with E-state index in [2.05, 4.69) is 11.6 Å². The van der Waals surface area contributed by atoms with Crippen molar-refractivity contribution in [3.05, 3.63) is 59.9 Å². The molecule has 0 spiro atoms. The van der Waals surface area contributed by atoms with Crippen LogP contribution in [0.4, 0.5) is 0 Å². The molecule has 1 aromatic heterocycles. The summed E-state index contributed by atoms with van der Waals surface area (Å²) in [5.41, 5.74) is 5.28. The summed E-state index contributed by atoms with van der Waals surface area (Å²) in [6.07, 6.45) is 2.41. The van der Waals surface area contributed by atoms with Gasteiger partial charge in [0.25, 0.3) is 0 Å². The van der Waals surface area contributed by atoms with Gasteiger partial charge >= 0.3 is 0 Å². The van der Waals surface area contributed by atoms with Crippen LogP contribution in [0.5, 0.6) is 11.5 Å². The number of aryl methyl sites for hydroxylation is 1. The molecule has 1 amide bonds. The van der Waals surface area contributed by atoms with E-state index in [0.717, 1.165) is 22.4 Å². The van der Waals surface area contributed by atoms with Crippen LogP contribution in [0.25, 0.3) is 5.57 Å². The zero-order chi connectivity index (χ0) is 18.2. The molecule has 0 bridgehead atoms. The highest BCUT2D eigenvalue weighted by Crippen LogP contribution is 2.32. The minimum atomic E-state index is -0.439. The standard InChI is InChI=1S/C19H22N2O4/c1-13-11-16(8-9-20-13)14(2)15-6-7-17(24-3)18(12-15)25-10-4-5-19(22)21-23/h6-9,11-12,23H,2,4-5,10H2,1,3H3,(H,21,22). The number of nitrogens with zero attached hydrogens (tertiary/aromatic N) is 1. The van der Waals surface area contributed by atoms with Crippen molar-refractivity contribution >= 4 is 11.5 Å². The van der Waals surface area contributed by atoms with Crippen molar-refractivity contribution in [2.75, 3.05) is 13.7 Å². The monoisotopic (exact) mass is 342 g/mol. The molecular formula is C19H22N2O4. The number of methoxy groups -OCH3 is 1. The second kappa shape index (κ2) is 8.84. The van der Waals surface area contributed by atoms with Crippen molar-refractivity contribution in [2.24, 2.45) is 0 Å². The van der Waals surface area contributed by atoms with Crippen LogP contribution in [0, 0.1) is 6.92 Å². The highest BCUT2D eigenvalue weighted by atomic mass is 16.5. The van der Waals surface area contributed by atoms with Gasteiger partial charge in [-0.15, -0.1) is 0 Å². The van der Waals surface area contributed by atoms with Crippen LogP contribution in [0.2, 0.25) is 0 Å². The molecule has 0 fully saturated rings. The molecule has 0 aliphatic carbocycles. The first-order valence-electron chi connectivity index (χ1n) is 7.91. The molecule has 0 saturated carbocycles. The van der Waals surface area contributed by atoms with E-state index in [4.69, 9.17) is 14.7 Å². The van der Waals surface area contributed by atoms with Crippen LogP contribution in [-0.2, 0) is 4.79 Å². The number of hydrogen-bond donors (Lipinski definition) is 2. The van der Waals surface area contributed by atoms with Crippen molar-refractivity contribution in [2.45, 2.75) is 19.8 Å². The molecule has 2 aromatic rings. The highest BCUT2D eigenvalue weighted by Gasteiger charge is 2.10. The second-order valence-electron chi connectivity index (χ2n) is 5.52. The lowest BCUT2D eigenvalue weighted by Crippen LogP contribution is -2.18. The van der Waals surface area contributed by atoms with E-state index in [0.29, 0.717) is 24.5 Å². The van der Waals surface area contributed by atoms with Crippen LogP contribution in [-0.4, -0.2) is 29.8 Å². The summed E-state index contributed by atoms with van der Waals surface area (Å²) in [5.74, 6) is 0.746. The molecule has 2 N–H and O–H groups in total. The molecule has 6 heteroatoms. The third-order valence-electron chi connectivity index (χ3n) is 3.69. The smallest absolute Gasteiger partial charge is 0.243 e. The van der Waals surface area contributed by atoms with Crippen molar-refractivity contribution < 1.29 is 19.5 Å². The maximum Gasteiger partial charge on any atom is 0.243 e. The van der Waals surface area contributed by atoms with E-state index in [1.165, 1.54) is 0 Å². The fourth-order valence-corrected chi connectivity index (χ4v) is 2.35. The maximum atomic E-state index is 11.0. The lowest BCUT2D eigenvalue weighted by atomic mass is 9.99. The fraction of sp³-hybridized carbons (Fsp3) is 0.263. The van der Waals surface area contributed by atoms with Gasteiger partial charge < -0.3 is 9.47 Å². The minimum absolute atomic E-state index is 0.182. The third kappa shape index (κ3) is 5.06. The molecule has 25 heavy (non-hydrogen) atoms. The first-order chi connectivity index (χ1) is 12.0. The Balaban J connectivity index is 2.13. The summed E-state index contributed by atoms with van der Waals surface area (Å²) < 4.78 is 11.1. The van der Waals surface area contributed by atoms with Crippen molar-refractivity contribution in [1.29, 1.82) is 0 Å². The summed E-state index contributed by atoms with van der Waals surface area (Å²) >= 11 is 0. The molecule has 0 atom stereocenters. The molecule has 0 unspecified atom stereocenters. The molecule has 0 aliphatic heterocycles. The maximum absolute atomic E-state index is 11.0. The number of ether oxygens (including phenoxy) is 2.